The van der Waals surface area contributed by atoms with Gasteiger partial charge in [-0.1, -0.05) is 0 Å². The van der Waals surface area contributed by atoms with Gasteiger partial charge < -0.3 is 0 Å². The van der Waals surface area contributed by atoms with Gasteiger partial charge in [-0.05, 0) is 0 Å². The van der Waals surface area contributed by atoms with E-state index in [1.54, 1.807) is 12.1 Å². The summed E-state index contributed by atoms with van der Waals surface area (Å²) in [4.78, 5) is 0. The zero-order valence-electron chi connectivity index (χ0n) is 7.94. The van der Waals surface area contributed by atoms with Crippen LogP contribution in [0.4, 0.5) is 0 Å². The molecule has 0 rings (SSSR count). The SMILES string of the molecule is CC#N.CC#N.[C-]#[O+].[C-]#[O+].[C-]#[O+].[C-]#[O+].[Cr]. The van der Waals surface area contributed by atoms with Crippen molar-refractivity contribution in [3.8, 4) is 12.1 Å². The van der Waals surface area contributed by atoms with E-state index in [9.17, 15) is 0 Å². The smallest absolute Gasteiger partial charge is 0 e. The summed E-state index contributed by atoms with van der Waals surface area (Å²) in [6.07, 6.45) is 0. The summed E-state index contributed by atoms with van der Waals surface area (Å²) in [5, 5.41) is 14.6. The Labute approximate surface area is 99.5 Å². The third-order valence-electron chi connectivity index (χ3n) is 0. The van der Waals surface area contributed by atoms with E-state index in [1.165, 1.54) is 13.8 Å². The van der Waals surface area contributed by atoms with Crippen molar-refractivity contribution in [3.63, 3.8) is 0 Å². The predicted molar refractivity (Wildman–Crippen MR) is 38.3 cm³/mol. The molecule has 0 aromatic heterocycles. The Hall–Kier alpha value is -1.53. The maximum Gasteiger partial charge on any atom is 0 e. The summed E-state index contributed by atoms with van der Waals surface area (Å²) in [6, 6.07) is 3.50. The molecule has 0 amide bonds. The molecule has 6 nitrogen and oxygen atoms in total. The van der Waals surface area contributed by atoms with E-state index in [0.29, 0.717) is 0 Å². The third-order valence-corrected chi connectivity index (χ3v) is 0. The van der Waals surface area contributed by atoms with E-state index in [0.717, 1.165) is 0 Å². The minimum absolute atomic E-state index is 0. The Morgan fingerprint density at radius 1 is 0.667 bits per heavy atom. The molecular formula is C8H6CrN2O4. The minimum Gasteiger partial charge on any atom is 0 e. The number of nitrogens with zero attached hydrogens (tertiary/aromatic N) is 2. The molecule has 0 aromatic rings. The summed E-state index contributed by atoms with van der Waals surface area (Å²) >= 11 is 0. The molecule has 0 unspecified atom stereocenters. The molecule has 0 aromatic carbocycles. The molecule has 7 heteroatoms. The second-order valence-corrected chi connectivity index (χ2v) is 0.447. The molecule has 0 N–H and O–H groups in total. The average molecular weight is 246 g/mol. The Bertz CT molecular complexity index is 171. The molecule has 0 aliphatic rings. The van der Waals surface area contributed by atoms with Crippen molar-refractivity contribution in [2.75, 3.05) is 0 Å². The van der Waals surface area contributed by atoms with Crippen molar-refractivity contribution in [3.05, 3.63) is 26.6 Å². The minimum atomic E-state index is 0. The van der Waals surface area contributed by atoms with Crippen molar-refractivity contribution in [2.45, 2.75) is 13.8 Å². The molecule has 0 radical (unpaired) electrons. The van der Waals surface area contributed by atoms with Gasteiger partial charge in [-0.2, -0.15) is 10.5 Å². The van der Waals surface area contributed by atoms with Crippen molar-refractivity contribution in [1.29, 1.82) is 10.5 Å². The van der Waals surface area contributed by atoms with Crippen LogP contribution < -0.4 is 0 Å². The summed E-state index contributed by atoms with van der Waals surface area (Å²) in [5.41, 5.74) is 0. The molecule has 15 heavy (non-hydrogen) atoms. The quantitative estimate of drug-likeness (QED) is 0.464. The zero-order chi connectivity index (χ0) is 13.4. The average Bonchev–Trinajstić information content (AvgIpc) is 2.31. The van der Waals surface area contributed by atoms with Gasteiger partial charge in [-0.15, -0.1) is 0 Å². The number of hydrogen-bond donors (Lipinski definition) is 0. The molecule has 0 heterocycles. The maximum absolute atomic E-state index is 7.50. The van der Waals surface area contributed by atoms with Crippen LogP contribution in [-0.2, 0) is 36.0 Å². The number of nitriles is 2. The third kappa shape index (κ3) is 586. The number of rotatable bonds is 0. The standard InChI is InChI=1S/2C2H3N.4CO.Cr/c2*1-2-3;4*1-2;/h2*1H3;;;;;. The van der Waals surface area contributed by atoms with E-state index in [4.69, 9.17) is 29.1 Å². The molecular weight excluding hydrogens is 240 g/mol. The molecule has 0 spiro atoms. The van der Waals surface area contributed by atoms with E-state index < -0.39 is 0 Å². The molecule has 0 atom stereocenters. The summed E-state index contributed by atoms with van der Waals surface area (Å²) in [7, 11) is 0. The summed E-state index contributed by atoms with van der Waals surface area (Å²) < 4.78 is 30.0. The first-order chi connectivity index (χ1) is 6.83. The van der Waals surface area contributed by atoms with Gasteiger partial charge in [-0.3, -0.25) is 0 Å². The van der Waals surface area contributed by atoms with Crippen LogP contribution in [-0.4, -0.2) is 0 Å². The Balaban J connectivity index is -0.0000000103. The first kappa shape index (κ1) is 50.0. The van der Waals surface area contributed by atoms with Gasteiger partial charge >= 0.3 is 45.2 Å². The van der Waals surface area contributed by atoms with Gasteiger partial charge in [0, 0.05) is 31.2 Å². The zero-order valence-corrected chi connectivity index (χ0v) is 9.21. The largest absolute Gasteiger partial charge is 0 e. The summed E-state index contributed by atoms with van der Waals surface area (Å²) in [6.45, 7) is 20.9. The first-order valence-electron chi connectivity index (χ1n) is 2.26. The molecule has 0 saturated carbocycles. The van der Waals surface area contributed by atoms with Crippen molar-refractivity contribution in [1.82, 2.24) is 0 Å². The van der Waals surface area contributed by atoms with E-state index in [1.807, 2.05) is 0 Å². The van der Waals surface area contributed by atoms with Gasteiger partial charge in [-0.25, -0.2) is 0 Å². The van der Waals surface area contributed by atoms with Crippen LogP contribution in [0, 0.1) is 49.3 Å². The van der Waals surface area contributed by atoms with E-state index in [-0.39, 0.29) is 17.4 Å². The fourth-order valence-electron chi connectivity index (χ4n) is 0. The van der Waals surface area contributed by atoms with Gasteiger partial charge in [0.05, 0.1) is 12.1 Å². The monoisotopic (exact) mass is 246 g/mol. The van der Waals surface area contributed by atoms with Gasteiger partial charge in [0.15, 0.2) is 0 Å². The van der Waals surface area contributed by atoms with Crippen LogP contribution in [0.3, 0.4) is 0 Å². The normalized spacial score (nSPS) is 1.60. The van der Waals surface area contributed by atoms with Crippen molar-refractivity contribution < 1.29 is 36.0 Å². The second-order valence-electron chi connectivity index (χ2n) is 0.447. The fraction of sp³-hybridized carbons (Fsp3) is 0.250. The molecule has 78 valence electrons. The van der Waals surface area contributed by atoms with E-state index >= 15 is 0 Å². The van der Waals surface area contributed by atoms with Gasteiger partial charge in [0.25, 0.3) is 0 Å². The van der Waals surface area contributed by atoms with Crippen LogP contribution in [0.2, 0.25) is 0 Å². The Morgan fingerprint density at radius 3 is 0.667 bits per heavy atom. The second kappa shape index (κ2) is 7350. The molecule has 0 bridgehead atoms. The fourth-order valence-corrected chi connectivity index (χ4v) is 0. The predicted octanol–water partition coefficient (Wildman–Crippen LogP) is 0.907. The van der Waals surface area contributed by atoms with Crippen LogP contribution in [0.25, 0.3) is 0 Å². The van der Waals surface area contributed by atoms with Crippen LogP contribution in [0.5, 0.6) is 0 Å². The van der Waals surface area contributed by atoms with Gasteiger partial charge in [0.1, 0.15) is 0 Å². The first-order valence-corrected chi connectivity index (χ1v) is 2.26. The topological polar surface area (TPSA) is 127 Å². The molecule has 0 saturated heterocycles. The van der Waals surface area contributed by atoms with Crippen molar-refractivity contribution in [2.24, 2.45) is 0 Å². The Morgan fingerprint density at radius 2 is 0.667 bits per heavy atom. The van der Waals surface area contributed by atoms with Gasteiger partial charge in [0.2, 0.25) is 0 Å². The van der Waals surface area contributed by atoms with Crippen LogP contribution >= 0.6 is 0 Å². The molecule has 0 fully saturated rings. The van der Waals surface area contributed by atoms with E-state index in [2.05, 4.69) is 26.6 Å². The Kier molecular flexibility index (Phi) is 24500. The maximum atomic E-state index is 7.50. The van der Waals surface area contributed by atoms with Crippen LogP contribution in [0.15, 0.2) is 0 Å². The number of hydrogen-bond acceptors (Lipinski definition) is 2. The molecule has 0 aliphatic carbocycles. The van der Waals surface area contributed by atoms with Crippen LogP contribution in [0.1, 0.15) is 13.8 Å². The molecule has 0 aliphatic heterocycles. The summed E-state index contributed by atoms with van der Waals surface area (Å²) in [5.74, 6) is 0. The van der Waals surface area contributed by atoms with Crippen molar-refractivity contribution >= 4 is 0 Å².